The van der Waals surface area contributed by atoms with Gasteiger partial charge < -0.3 is 14.8 Å². The molecule has 0 saturated carbocycles. The second-order valence-corrected chi connectivity index (χ2v) is 5.74. The zero-order chi connectivity index (χ0) is 13.5. The standard InChI is InChI=1S/C15H22BrNO2/c1-17-10-15(13-7-2-3-8-14(13)16)19-11-12-6-4-5-9-18-12/h2-3,7-8,12,15,17H,4-6,9-11H2,1H3. The average Bonchev–Trinajstić information content (AvgIpc) is 2.45. The first-order valence-corrected chi connectivity index (χ1v) is 7.73. The van der Waals surface area contributed by atoms with E-state index in [1.54, 1.807) is 0 Å². The molecule has 1 aliphatic heterocycles. The summed E-state index contributed by atoms with van der Waals surface area (Å²) in [5.41, 5.74) is 1.19. The summed E-state index contributed by atoms with van der Waals surface area (Å²) in [5, 5.41) is 3.19. The molecule has 0 aromatic heterocycles. The first-order valence-electron chi connectivity index (χ1n) is 6.93. The van der Waals surface area contributed by atoms with Gasteiger partial charge >= 0.3 is 0 Å². The van der Waals surface area contributed by atoms with Crippen LogP contribution in [0.5, 0.6) is 0 Å². The number of rotatable bonds is 6. The number of hydrogen-bond donors (Lipinski definition) is 1. The fourth-order valence-electron chi connectivity index (χ4n) is 2.34. The van der Waals surface area contributed by atoms with Gasteiger partial charge in [-0.05, 0) is 37.9 Å². The maximum absolute atomic E-state index is 6.07. The number of likely N-dealkylation sites (N-methyl/N-ethyl adjacent to an activating group) is 1. The van der Waals surface area contributed by atoms with Crippen molar-refractivity contribution in [1.82, 2.24) is 5.32 Å². The summed E-state index contributed by atoms with van der Waals surface area (Å²) in [6.07, 6.45) is 3.87. The zero-order valence-corrected chi connectivity index (χ0v) is 13.0. The van der Waals surface area contributed by atoms with Crippen molar-refractivity contribution < 1.29 is 9.47 Å². The first-order chi connectivity index (χ1) is 9.31. The number of halogens is 1. The lowest BCUT2D eigenvalue weighted by atomic mass is 10.1. The predicted molar refractivity (Wildman–Crippen MR) is 80.4 cm³/mol. The lowest BCUT2D eigenvalue weighted by Crippen LogP contribution is -2.28. The predicted octanol–water partition coefficient (Wildman–Crippen LogP) is 3.30. The molecule has 0 spiro atoms. The van der Waals surface area contributed by atoms with E-state index in [-0.39, 0.29) is 12.2 Å². The number of nitrogens with one attached hydrogen (secondary N) is 1. The highest BCUT2D eigenvalue weighted by atomic mass is 79.9. The maximum Gasteiger partial charge on any atom is 0.0961 e. The van der Waals surface area contributed by atoms with Crippen LogP contribution in [-0.2, 0) is 9.47 Å². The molecule has 1 aromatic carbocycles. The van der Waals surface area contributed by atoms with E-state index in [1.807, 2.05) is 19.2 Å². The Morgan fingerprint density at radius 1 is 1.42 bits per heavy atom. The Morgan fingerprint density at radius 3 is 2.95 bits per heavy atom. The highest BCUT2D eigenvalue weighted by Gasteiger charge is 2.19. The highest BCUT2D eigenvalue weighted by Crippen LogP contribution is 2.26. The lowest BCUT2D eigenvalue weighted by Gasteiger charge is -2.26. The molecule has 2 rings (SSSR count). The normalized spacial score (nSPS) is 21.3. The summed E-state index contributed by atoms with van der Waals surface area (Å²) in [6, 6.07) is 8.23. The third-order valence-electron chi connectivity index (χ3n) is 3.40. The monoisotopic (exact) mass is 327 g/mol. The SMILES string of the molecule is CNCC(OCC1CCCCO1)c1ccccc1Br. The molecule has 0 aliphatic carbocycles. The van der Waals surface area contributed by atoms with Gasteiger partial charge in [0.15, 0.2) is 0 Å². The van der Waals surface area contributed by atoms with Crippen molar-refractivity contribution in [2.45, 2.75) is 31.5 Å². The van der Waals surface area contributed by atoms with Crippen LogP contribution in [0.25, 0.3) is 0 Å². The van der Waals surface area contributed by atoms with Crippen molar-refractivity contribution in [2.75, 3.05) is 26.8 Å². The van der Waals surface area contributed by atoms with Gasteiger partial charge in [0.25, 0.3) is 0 Å². The fourth-order valence-corrected chi connectivity index (χ4v) is 2.88. The van der Waals surface area contributed by atoms with Crippen molar-refractivity contribution in [3.8, 4) is 0 Å². The van der Waals surface area contributed by atoms with E-state index in [2.05, 4.69) is 33.4 Å². The molecule has 2 atom stereocenters. The molecular formula is C15H22BrNO2. The molecule has 0 bridgehead atoms. The van der Waals surface area contributed by atoms with Gasteiger partial charge in [-0.15, -0.1) is 0 Å². The minimum absolute atomic E-state index is 0.0612. The topological polar surface area (TPSA) is 30.5 Å². The van der Waals surface area contributed by atoms with E-state index < -0.39 is 0 Å². The summed E-state index contributed by atoms with van der Waals surface area (Å²) >= 11 is 3.59. The van der Waals surface area contributed by atoms with Crippen LogP contribution in [0.2, 0.25) is 0 Å². The molecule has 106 valence electrons. The summed E-state index contributed by atoms with van der Waals surface area (Å²) in [4.78, 5) is 0. The van der Waals surface area contributed by atoms with Crippen molar-refractivity contribution in [3.05, 3.63) is 34.3 Å². The summed E-state index contributed by atoms with van der Waals surface area (Å²) < 4.78 is 12.9. The quantitative estimate of drug-likeness (QED) is 0.869. The minimum atomic E-state index is 0.0612. The Kier molecular flexibility index (Phi) is 6.31. The molecule has 19 heavy (non-hydrogen) atoms. The molecule has 1 N–H and O–H groups in total. The van der Waals surface area contributed by atoms with Gasteiger partial charge in [-0.3, -0.25) is 0 Å². The van der Waals surface area contributed by atoms with Crippen molar-refractivity contribution >= 4 is 15.9 Å². The Morgan fingerprint density at radius 2 is 2.26 bits per heavy atom. The molecular weight excluding hydrogens is 306 g/mol. The molecule has 0 amide bonds. The second kappa shape index (κ2) is 8.00. The van der Waals surface area contributed by atoms with Crippen molar-refractivity contribution in [1.29, 1.82) is 0 Å². The van der Waals surface area contributed by atoms with Crippen molar-refractivity contribution in [2.24, 2.45) is 0 Å². The van der Waals surface area contributed by atoms with Gasteiger partial charge in [0, 0.05) is 17.6 Å². The van der Waals surface area contributed by atoms with E-state index in [4.69, 9.17) is 9.47 Å². The van der Waals surface area contributed by atoms with Crippen LogP contribution in [0, 0.1) is 0 Å². The molecule has 1 heterocycles. The number of hydrogen-bond acceptors (Lipinski definition) is 3. The van der Waals surface area contributed by atoms with Crippen LogP contribution in [0.4, 0.5) is 0 Å². The van der Waals surface area contributed by atoms with Gasteiger partial charge in [0.1, 0.15) is 0 Å². The summed E-state index contributed by atoms with van der Waals surface area (Å²) in [7, 11) is 1.95. The molecule has 2 unspecified atom stereocenters. The average molecular weight is 328 g/mol. The Balaban J connectivity index is 1.94. The molecule has 1 saturated heterocycles. The molecule has 4 heteroatoms. The molecule has 1 aromatic rings. The van der Waals surface area contributed by atoms with Crippen molar-refractivity contribution in [3.63, 3.8) is 0 Å². The zero-order valence-electron chi connectivity index (χ0n) is 11.4. The molecule has 0 radical (unpaired) electrons. The summed E-state index contributed by atoms with van der Waals surface area (Å²) in [6.45, 7) is 2.35. The largest absolute Gasteiger partial charge is 0.376 e. The Hall–Kier alpha value is -0.420. The van der Waals surface area contributed by atoms with Crippen LogP contribution in [0.15, 0.2) is 28.7 Å². The summed E-state index contributed by atoms with van der Waals surface area (Å²) in [5.74, 6) is 0. The van der Waals surface area contributed by atoms with Gasteiger partial charge in [0.2, 0.25) is 0 Å². The van der Waals surface area contributed by atoms with Crippen LogP contribution >= 0.6 is 15.9 Å². The van der Waals surface area contributed by atoms with Crippen LogP contribution < -0.4 is 5.32 Å². The van der Waals surface area contributed by atoms with Crippen LogP contribution in [-0.4, -0.2) is 32.9 Å². The van der Waals surface area contributed by atoms with Gasteiger partial charge in [-0.1, -0.05) is 34.1 Å². The lowest BCUT2D eigenvalue weighted by molar-refractivity contribution is -0.0632. The van der Waals surface area contributed by atoms with Gasteiger partial charge in [0.05, 0.1) is 18.8 Å². The minimum Gasteiger partial charge on any atom is -0.376 e. The molecule has 3 nitrogen and oxygen atoms in total. The van der Waals surface area contributed by atoms with Gasteiger partial charge in [-0.25, -0.2) is 0 Å². The second-order valence-electron chi connectivity index (χ2n) is 4.89. The van der Waals surface area contributed by atoms with E-state index in [0.717, 1.165) is 24.0 Å². The van der Waals surface area contributed by atoms with Crippen LogP contribution in [0.1, 0.15) is 30.9 Å². The Labute approximate surface area is 123 Å². The highest BCUT2D eigenvalue weighted by molar-refractivity contribution is 9.10. The number of ether oxygens (including phenoxy) is 2. The van der Waals surface area contributed by atoms with Crippen LogP contribution in [0.3, 0.4) is 0 Å². The third kappa shape index (κ3) is 4.56. The smallest absolute Gasteiger partial charge is 0.0961 e. The van der Waals surface area contributed by atoms with E-state index >= 15 is 0 Å². The van der Waals surface area contributed by atoms with Gasteiger partial charge in [-0.2, -0.15) is 0 Å². The third-order valence-corrected chi connectivity index (χ3v) is 4.12. The first kappa shape index (κ1) is 15.0. The Bertz CT molecular complexity index is 380. The maximum atomic E-state index is 6.07. The molecule has 1 fully saturated rings. The van der Waals surface area contributed by atoms with E-state index in [0.29, 0.717) is 6.61 Å². The van der Waals surface area contributed by atoms with E-state index in [9.17, 15) is 0 Å². The molecule has 1 aliphatic rings. The fraction of sp³-hybridized carbons (Fsp3) is 0.600. The number of benzene rings is 1. The van der Waals surface area contributed by atoms with E-state index in [1.165, 1.54) is 18.4 Å².